The van der Waals surface area contributed by atoms with Gasteiger partial charge in [-0.3, -0.25) is 4.79 Å². The fourth-order valence-corrected chi connectivity index (χ4v) is 3.64. The molecule has 0 atom stereocenters. The fraction of sp³-hybridized carbons (Fsp3) is 0.150. The van der Waals surface area contributed by atoms with Gasteiger partial charge in [-0.2, -0.15) is 0 Å². The van der Waals surface area contributed by atoms with Crippen LogP contribution in [0.3, 0.4) is 0 Å². The average Bonchev–Trinajstić information content (AvgIpc) is 2.67. The maximum atomic E-state index is 12.6. The highest BCUT2D eigenvalue weighted by Gasteiger charge is 2.19. The molecule has 0 spiro atoms. The van der Waals surface area contributed by atoms with Crippen molar-refractivity contribution in [3.05, 3.63) is 81.6 Å². The Morgan fingerprint density at radius 1 is 1.04 bits per heavy atom. The van der Waals surface area contributed by atoms with Gasteiger partial charge in [-0.15, -0.1) is 0 Å². The Balaban J connectivity index is 1.53. The molecule has 0 unspecified atom stereocenters. The third kappa shape index (κ3) is 4.04. The minimum absolute atomic E-state index is 0.287. The summed E-state index contributed by atoms with van der Waals surface area (Å²) in [6.45, 7) is 1.54. The Labute approximate surface area is 167 Å². The summed E-state index contributed by atoms with van der Waals surface area (Å²) in [6.07, 6.45) is 2.53. The minimum Gasteiger partial charge on any atom is -0.336 e. The molecule has 1 aliphatic rings. The van der Waals surface area contributed by atoms with Crippen molar-refractivity contribution in [1.29, 1.82) is 0 Å². The number of halogens is 2. The van der Waals surface area contributed by atoms with Crippen LogP contribution >= 0.6 is 23.2 Å². The van der Waals surface area contributed by atoms with Gasteiger partial charge in [0, 0.05) is 35.0 Å². The number of nitrogens with one attached hydrogen (secondary N) is 1. The molecule has 1 aliphatic heterocycles. The summed E-state index contributed by atoms with van der Waals surface area (Å²) < 4.78 is 0. The van der Waals surface area contributed by atoms with Crippen LogP contribution in [0.5, 0.6) is 0 Å². The summed E-state index contributed by atoms with van der Waals surface area (Å²) in [5.41, 5.74) is 3.41. The molecule has 4 rings (SSSR count). The van der Waals surface area contributed by atoms with E-state index in [0.717, 1.165) is 19.5 Å². The van der Waals surface area contributed by atoms with Crippen molar-refractivity contribution >= 4 is 40.7 Å². The lowest BCUT2D eigenvalue weighted by atomic mass is 10.0. The van der Waals surface area contributed by atoms with Gasteiger partial charge in [-0.25, -0.2) is 9.97 Å². The van der Waals surface area contributed by atoms with Crippen LogP contribution in [-0.4, -0.2) is 22.4 Å². The number of carbonyl (C=O) groups excluding carboxylic acids is 1. The summed E-state index contributed by atoms with van der Waals surface area (Å²) >= 11 is 12.0. The quantitative estimate of drug-likeness (QED) is 0.700. The van der Waals surface area contributed by atoms with Crippen LogP contribution in [0, 0.1) is 0 Å². The predicted octanol–water partition coefficient (Wildman–Crippen LogP) is 4.60. The second kappa shape index (κ2) is 7.55. The van der Waals surface area contributed by atoms with E-state index in [2.05, 4.69) is 38.4 Å². The van der Waals surface area contributed by atoms with Crippen LogP contribution in [0.2, 0.25) is 10.0 Å². The van der Waals surface area contributed by atoms with Crippen LogP contribution < -0.4 is 10.2 Å². The summed E-state index contributed by atoms with van der Waals surface area (Å²) in [7, 11) is 0. The van der Waals surface area contributed by atoms with Crippen LogP contribution in [0.15, 0.2) is 54.7 Å². The van der Waals surface area contributed by atoms with Gasteiger partial charge in [0.25, 0.3) is 5.91 Å². The second-order valence-electron chi connectivity index (χ2n) is 6.29. The third-order valence-corrected chi connectivity index (χ3v) is 4.85. The van der Waals surface area contributed by atoms with E-state index in [9.17, 15) is 4.79 Å². The molecule has 5 nitrogen and oxygen atoms in total. The zero-order valence-corrected chi connectivity index (χ0v) is 15.8. The molecule has 1 aromatic heterocycles. The topological polar surface area (TPSA) is 58.1 Å². The average molecular weight is 399 g/mol. The van der Waals surface area contributed by atoms with E-state index in [1.54, 1.807) is 30.5 Å². The normalized spacial score (nSPS) is 13.2. The molecule has 2 heterocycles. The lowest BCUT2D eigenvalue weighted by molar-refractivity contribution is 0.102. The van der Waals surface area contributed by atoms with Gasteiger partial charge >= 0.3 is 0 Å². The summed E-state index contributed by atoms with van der Waals surface area (Å²) in [4.78, 5) is 23.4. The molecule has 2 aromatic carbocycles. The van der Waals surface area contributed by atoms with Gasteiger partial charge in [0.1, 0.15) is 5.69 Å². The van der Waals surface area contributed by atoms with E-state index in [1.807, 2.05) is 6.07 Å². The monoisotopic (exact) mass is 398 g/mol. The maximum Gasteiger partial charge on any atom is 0.274 e. The summed E-state index contributed by atoms with van der Waals surface area (Å²) in [6, 6.07) is 14.8. The molecule has 136 valence electrons. The van der Waals surface area contributed by atoms with E-state index in [0.29, 0.717) is 21.7 Å². The Bertz CT molecular complexity index is 989. The molecule has 0 bridgehead atoms. The fourth-order valence-electron chi connectivity index (χ4n) is 3.11. The molecule has 1 N–H and O–H groups in total. The van der Waals surface area contributed by atoms with E-state index < -0.39 is 0 Å². The van der Waals surface area contributed by atoms with Crippen molar-refractivity contribution < 1.29 is 4.79 Å². The lowest BCUT2D eigenvalue weighted by Crippen LogP contribution is -2.32. The van der Waals surface area contributed by atoms with Crippen LogP contribution in [-0.2, 0) is 13.0 Å². The third-order valence-electron chi connectivity index (χ3n) is 4.41. The standard InChI is InChI=1S/C20H16Cl2N4O/c21-15-9-16(22)11-17(10-15)24-19(27)18-5-7-23-20(25-18)26-8-6-13-3-1-2-4-14(13)12-26/h1-5,7,9-11H,6,8,12H2,(H,24,27). The molecule has 27 heavy (non-hydrogen) atoms. The van der Waals surface area contributed by atoms with E-state index in [-0.39, 0.29) is 11.6 Å². The lowest BCUT2D eigenvalue weighted by Gasteiger charge is -2.28. The smallest absolute Gasteiger partial charge is 0.274 e. The Hall–Kier alpha value is -2.63. The number of anilines is 2. The van der Waals surface area contributed by atoms with Crippen LogP contribution in [0.4, 0.5) is 11.6 Å². The summed E-state index contributed by atoms with van der Waals surface area (Å²) in [5.74, 6) is 0.204. The highest BCUT2D eigenvalue weighted by atomic mass is 35.5. The van der Waals surface area contributed by atoms with Crippen molar-refractivity contribution in [3.63, 3.8) is 0 Å². The van der Waals surface area contributed by atoms with Gasteiger partial charge in [-0.05, 0) is 41.8 Å². The maximum absolute atomic E-state index is 12.6. The van der Waals surface area contributed by atoms with E-state index in [1.165, 1.54) is 11.1 Å². The van der Waals surface area contributed by atoms with Gasteiger partial charge in [0.15, 0.2) is 0 Å². The number of nitrogens with zero attached hydrogens (tertiary/aromatic N) is 3. The number of hydrogen-bond acceptors (Lipinski definition) is 4. The second-order valence-corrected chi connectivity index (χ2v) is 7.17. The largest absolute Gasteiger partial charge is 0.336 e. The van der Waals surface area contributed by atoms with Crippen molar-refractivity contribution in [2.75, 3.05) is 16.8 Å². The zero-order chi connectivity index (χ0) is 18.8. The molecule has 7 heteroatoms. The SMILES string of the molecule is O=C(Nc1cc(Cl)cc(Cl)c1)c1ccnc(N2CCc3ccccc3C2)n1. The first-order valence-corrected chi connectivity index (χ1v) is 9.26. The number of hydrogen-bond donors (Lipinski definition) is 1. The molecule has 1 amide bonds. The molecule has 0 aliphatic carbocycles. The molecule has 0 saturated heterocycles. The first kappa shape index (κ1) is 17.8. The van der Waals surface area contributed by atoms with Crippen molar-refractivity contribution in [2.24, 2.45) is 0 Å². The van der Waals surface area contributed by atoms with Crippen molar-refractivity contribution in [1.82, 2.24) is 9.97 Å². The van der Waals surface area contributed by atoms with Gasteiger partial charge < -0.3 is 10.2 Å². The molecule has 3 aromatic rings. The highest BCUT2D eigenvalue weighted by molar-refractivity contribution is 6.35. The molecular formula is C20H16Cl2N4O. The van der Waals surface area contributed by atoms with Crippen LogP contribution in [0.25, 0.3) is 0 Å². The minimum atomic E-state index is -0.339. The number of carbonyl (C=O) groups is 1. The number of benzene rings is 2. The Kier molecular flexibility index (Phi) is 4.97. The molecule has 0 radical (unpaired) electrons. The number of rotatable bonds is 3. The number of amides is 1. The molecule has 0 saturated carbocycles. The van der Waals surface area contributed by atoms with Gasteiger partial charge in [0.2, 0.25) is 5.95 Å². The summed E-state index contributed by atoms with van der Waals surface area (Å²) in [5, 5.41) is 3.67. The van der Waals surface area contributed by atoms with Crippen LogP contribution in [0.1, 0.15) is 21.6 Å². The predicted molar refractivity (Wildman–Crippen MR) is 108 cm³/mol. The van der Waals surface area contributed by atoms with Gasteiger partial charge in [-0.1, -0.05) is 47.5 Å². The van der Waals surface area contributed by atoms with E-state index >= 15 is 0 Å². The van der Waals surface area contributed by atoms with Gasteiger partial charge in [0.05, 0.1) is 0 Å². The first-order chi connectivity index (χ1) is 13.1. The Morgan fingerprint density at radius 3 is 2.56 bits per heavy atom. The van der Waals surface area contributed by atoms with E-state index in [4.69, 9.17) is 23.2 Å². The first-order valence-electron chi connectivity index (χ1n) is 8.51. The van der Waals surface area contributed by atoms with Crippen molar-refractivity contribution in [3.8, 4) is 0 Å². The number of aromatic nitrogens is 2. The zero-order valence-electron chi connectivity index (χ0n) is 14.3. The van der Waals surface area contributed by atoms with Crippen molar-refractivity contribution in [2.45, 2.75) is 13.0 Å². The Morgan fingerprint density at radius 2 is 1.78 bits per heavy atom. The molecule has 0 fully saturated rings. The molecular weight excluding hydrogens is 383 g/mol. The highest BCUT2D eigenvalue weighted by Crippen LogP contribution is 2.24. The number of fused-ring (bicyclic) bond motifs is 1.